The number of hydrogen-bond acceptors (Lipinski definition) is 4. The van der Waals surface area contributed by atoms with Gasteiger partial charge in [0, 0.05) is 24.1 Å². The van der Waals surface area contributed by atoms with Gasteiger partial charge in [0.05, 0.1) is 30.3 Å². The van der Waals surface area contributed by atoms with E-state index >= 15 is 0 Å². The lowest BCUT2D eigenvalue weighted by molar-refractivity contribution is 0.240. The summed E-state index contributed by atoms with van der Waals surface area (Å²) < 4.78 is 11.9. The number of hydrogen-bond donors (Lipinski definition) is 1. The molecular weight excluding hydrogens is 451 g/mol. The molecule has 146 valence electrons. The smallest absolute Gasteiger partial charge is 0.161 e. The van der Waals surface area contributed by atoms with Crippen molar-refractivity contribution in [3.63, 3.8) is 0 Å². The molecule has 1 heterocycles. The maximum absolute atomic E-state index is 6.64. The molecule has 1 unspecified atom stereocenters. The number of rotatable bonds is 5. The maximum atomic E-state index is 6.64. The first-order chi connectivity index (χ1) is 13.1. The Labute approximate surface area is 178 Å². The molecule has 1 saturated heterocycles. The van der Waals surface area contributed by atoms with Gasteiger partial charge in [0.15, 0.2) is 11.5 Å². The lowest BCUT2D eigenvalue weighted by Gasteiger charge is -2.33. The van der Waals surface area contributed by atoms with E-state index in [0.717, 1.165) is 48.2 Å². The third kappa shape index (κ3) is 4.54. The molecule has 4 nitrogen and oxygen atoms in total. The van der Waals surface area contributed by atoms with Crippen LogP contribution in [0.4, 0.5) is 0 Å². The molecule has 1 fully saturated rings. The highest BCUT2D eigenvalue weighted by molar-refractivity contribution is 9.10. The predicted molar refractivity (Wildman–Crippen MR) is 115 cm³/mol. The molecule has 2 aromatic carbocycles. The highest BCUT2D eigenvalue weighted by Gasteiger charge is 2.28. The number of nitrogens with zero attached hydrogens (tertiary/aromatic N) is 1. The van der Waals surface area contributed by atoms with Crippen molar-refractivity contribution in [2.75, 3.05) is 40.4 Å². The highest BCUT2D eigenvalue weighted by atomic mass is 79.9. The fourth-order valence-corrected chi connectivity index (χ4v) is 4.45. The molecule has 7 heteroatoms. The van der Waals surface area contributed by atoms with Crippen molar-refractivity contribution in [2.45, 2.75) is 12.5 Å². The minimum atomic E-state index is -0.0507. The molecule has 0 saturated carbocycles. The van der Waals surface area contributed by atoms with Crippen molar-refractivity contribution >= 4 is 39.1 Å². The van der Waals surface area contributed by atoms with E-state index in [4.69, 9.17) is 32.7 Å². The summed E-state index contributed by atoms with van der Waals surface area (Å²) in [6.45, 7) is 3.81. The maximum Gasteiger partial charge on any atom is 0.161 e. The van der Waals surface area contributed by atoms with E-state index in [1.54, 1.807) is 14.2 Å². The molecule has 0 bridgehead atoms. The normalized spacial score (nSPS) is 16.6. The molecule has 0 aliphatic carbocycles. The Morgan fingerprint density at radius 1 is 1.04 bits per heavy atom. The lowest BCUT2D eigenvalue weighted by Crippen LogP contribution is -2.33. The van der Waals surface area contributed by atoms with Crippen LogP contribution in [0.25, 0.3) is 0 Å². The van der Waals surface area contributed by atoms with E-state index in [2.05, 4.69) is 26.1 Å². The largest absolute Gasteiger partial charge is 0.493 e. The van der Waals surface area contributed by atoms with Crippen LogP contribution in [0.2, 0.25) is 10.0 Å². The van der Waals surface area contributed by atoms with E-state index in [1.165, 1.54) is 0 Å². The Hall–Kier alpha value is -0.980. The van der Waals surface area contributed by atoms with Gasteiger partial charge < -0.3 is 14.8 Å². The van der Waals surface area contributed by atoms with E-state index in [9.17, 15) is 0 Å². The molecule has 3 rings (SSSR count). The monoisotopic (exact) mass is 472 g/mol. The van der Waals surface area contributed by atoms with Gasteiger partial charge in [-0.3, -0.25) is 4.90 Å². The van der Waals surface area contributed by atoms with Gasteiger partial charge in [0.2, 0.25) is 0 Å². The van der Waals surface area contributed by atoms with Crippen LogP contribution in [0, 0.1) is 0 Å². The zero-order valence-corrected chi connectivity index (χ0v) is 18.5. The summed E-state index contributed by atoms with van der Waals surface area (Å²) in [6.07, 6.45) is 1.07. The molecule has 1 N–H and O–H groups in total. The zero-order valence-electron chi connectivity index (χ0n) is 15.4. The minimum absolute atomic E-state index is 0.0507. The SMILES string of the molecule is COc1cc(Br)c(C(c2cccc(Cl)c2Cl)N2CCCNCC2)cc1OC. The number of halogens is 3. The molecule has 2 aromatic rings. The van der Waals surface area contributed by atoms with Crippen molar-refractivity contribution < 1.29 is 9.47 Å². The van der Waals surface area contributed by atoms with E-state index in [1.807, 2.05) is 30.3 Å². The molecule has 1 atom stereocenters. The van der Waals surface area contributed by atoms with Crippen LogP contribution < -0.4 is 14.8 Å². The Kier molecular flexibility index (Phi) is 7.29. The summed E-state index contributed by atoms with van der Waals surface area (Å²) in [6, 6.07) is 9.71. The predicted octanol–water partition coefficient (Wildman–Crippen LogP) is 5.16. The Balaban J connectivity index is 2.16. The lowest BCUT2D eigenvalue weighted by atomic mass is 9.96. The fourth-order valence-electron chi connectivity index (χ4n) is 3.50. The third-order valence-corrected chi connectivity index (χ3v) is 6.33. The third-order valence-electron chi connectivity index (χ3n) is 4.81. The van der Waals surface area contributed by atoms with Crippen LogP contribution >= 0.6 is 39.1 Å². The molecule has 0 spiro atoms. The molecule has 27 heavy (non-hydrogen) atoms. The Bertz CT molecular complexity index is 796. The van der Waals surface area contributed by atoms with Gasteiger partial charge in [0.25, 0.3) is 0 Å². The van der Waals surface area contributed by atoms with Gasteiger partial charge in [-0.05, 0) is 42.3 Å². The average molecular weight is 474 g/mol. The van der Waals surface area contributed by atoms with Crippen molar-refractivity contribution in [3.8, 4) is 11.5 Å². The van der Waals surface area contributed by atoms with Crippen molar-refractivity contribution in [3.05, 3.63) is 56.0 Å². The van der Waals surface area contributed by atoms with Gasteiger partial charge in [-0.25, -0.2) is 0 Å². The van der Waals surface area contributed by atoms with Gasteiger partial charge >= 0.3 is 0 Å². The average Bonchev–Trinajstić information content (AvgIpc) is 2.95. The second kappa shape index (κ2) is 9.48. The van der Waals surface area contributed by atoms with Crippen LogP contribution in [0.5, 0.6) is 11.5 Å². The van der Waals surface area contributed by atoms with Crippen LogP contribution in [0.3, 0.4) is 0 Å². The number of ether oxygens (including phenoxy) is 2. The quantitative estimate of drug-likeness (QED) is 0.650. The van der Waals surface area contributed by atoms with Crippen molar-refractivity contribution in [2.24, 2.45) is 0 Å². The van der Waals surface area contributed by atoms with Crippen LogP contribution in [-0.4, -0.2) is 45.3 Å². The van der Waals surface area contributed by atoms with Crippen LogP contribution in [-0.2, 0) is 0 Å². The summed E-state index contributed by atoms with van der Waals surface area (Å²) in [5, 5.41) is 4.60. The molecule has 0 aromatic heterocycles. The van der Waals surface area contributed by atoms with Gasteiger partial charge in [-0.2, -0.15) is 0 Å². The molecule has 0 radical (unpaired) electrons. The van der Waals surface area contributed by atoms with E-state index in [-0.39, 0.29) is 6.04 Å². The first-order valence-electron chi connectivity index (χ1n) is 8.87. The molecule has 0 amide bonds. The number of benzene rings is 2. The highest BCUT2D eigenvalue weighted by Crippen LogP contribution is 2.43. The van der Waals surface area contributed by atoms with Gasteiger partial charge in [0.1, 0.15) is 0 Å². The second-order valence-corrected chi connectivity index (χ2v) is 8.05. The number of nitrogens with one attached hydrogen (secondary N) is 1. The summed E-state index contributed by atoms with van der Waals surface area (Å²) in [7, 11) is 3.28. The fraction of sp³-hybridized carbons (Fsp3) is 0.400. The molecule has 1 aliphatic heterocycles. The summed E-state index contributed by atoms with van der Waals surface area (Å²) in [4.78, 5) is 2.43. The summed E-state index contributed by atoms with van der Waals surface area (Å²) in [5.74, 6) is 1.37. The van der Waals surface area contributed by atoms with Crippen molar-refractivity contribution in [1.29, 1.82) is 0 Å². The van der Waals surface area contributed by atoms with E-state index in [0.29, 0.717) is 21.5 Å². The first kappa shape index (κ1) is 20.7. The van der Waals surface area contributed by atoms with E-state index < -0.39 is 0 Å². The summed E-state index contributed by atoms with van der Waals surface area (Å²) in [5.41, 5.74) is 2.05. The second-order valence-electron chi connectivity index (χ2n) is 6.41. The van der Waals surface area contributed by atoms with Gasteiger partial charge in [-0.1, -0.05) is 51.3 Å². The molecule has 1 aliphatic rings. The topological polar surface area (TPSA) is 33.7 Å². The van der Waals surface area contributed by atoms with Crippen LogP contribution in [0.1, 0.15) is 23.6 Å². The van der Waals surface area contributed by atoms with Crippen LogP contribution in [0.15, 0.2) is 34.8 Å². The summed E-state index contributed by atoms with van der Waals surface area (Å²) >= 11 is 16.7. The molecular formula is C20H23BrCl2N2O2. The standard InChI is InChI=1S/C20H23BrCl2N2O2/c1-26-17-11-14(15(21)12-18(17)27-2)20(25-9-4-7-24-8-10-25)13-5-3-6-16(22)19(13)23/h3,5-6,11-12,20,24H,4,7-10H2,1-2H3. The Morgan fingerprint density at radius 2 is 1.78 bits per heavy atom. The first-order valence-corrected chi connectivity index (χ1v) is 10.4. The van der Waals surface area contributed by atoms with Gasteiger partial charge in [-0.15, -0.1) is 0 Å². The Morgan fingerprint density at radius 3 is 2.52 bits per heavy atom. The number of methoxy groups -OCH3 is 2. The van der Waals surface area contributed by atoms with Crippen molar-refractivity contribution in [1.82, 2.24) is 10.2 Å². The zero-order chi connectivity index (χ0) is 19.4. The minimum Gasteiger partial charge on any atom is -0.493 e.